The number of esters is 1. The number of carbonyl (C=O) groups is 2. The number of nitrogens with one attached hydrogen (secondary N) is 1. The lowest BCUT2D eigenvalue weighted by Gasteiger charge is -2.39. The van der Waals surface area contributed by atoms with E-state index >= 15 is 0 Å². The van der Waals surface area contributed by atoms with Crippen molar-refractivity contribution in [3.8, 4) is 0 Å². The molecule has 0 unspecified atom stereocenters. The largest absolute Gasteiger partial charge is 0.458 e. The van der Waals surface area contributed by atoms with Gasteiger partial charge in [0.1, 0.15) is 6.10 Å². The molecular weight excluding hydrogens is 468 g/mol. The van der Waals surface area contributed by atoms with Gasteiger partial charge in [-0.15, -0.1) is 0 Å². The van der Waals surface area contributed by atoms with Crippen LogP contribution in [-0.2, 0) is 9.53 Å². The summed E-state index contributed by atoms with van der Waals surface area (Å²) in [4.78, 5) is 39.3. The normalized spacial score (nSPS) is 29.2. The Morgan fingerprint density at radius 3 is 2.41 bits per heavy atom. The number of hydrogen-bond donors (Lipinski definition) is 1. The SMILES string of the molecule is CC1=C(C(=O)O[C@H]2C[C@@H]3CC[C@]2(C)C3(C)C)[C@H](c2ccccc2[N+](=O)[O-])C2=C(N1)c1ccccc1C2=O. The van der Waals surface area contributed by atoms with E-state index in [4.69, 9.17) is 4.74 Å². The summed E-state index contributed by atoms with van der Waals surface area (Å²) < 4.78 is 6.27. The van der Waals surface area contributed by atoms with Crippen LogP contribution >= 0.6 is 0 Å². The standard InChI is InChI=1S/C30H30N2O5/c1-16-23(28(34)37-22-15-17-13-14-30(22,4)29(17,2)3)24(20-11-7-8-12-21(20)32(35)36)25-26(31-16)18-9-5-6-10-19(18)27(25)33/h5-12,17,22,24,31H,13-15H2,1-4H3/t17-,22-,24-,30-/m0/s1. The lowest BCUT2D eigenvalue weighted by molar-refractivity contribution is -0.385. The summed E-state index contributed by atoms with van der Waals surface area (Å²) in [6.45, 7) is 8.50. The van der Waals surface area contributed by atoms with E-state index in [0.717, 1.165) is 24.8 Å². The molecule has 3 aliphatic carbocycles. The molecule has 2 bridgehead atoms. The van der Waals surface area contributed by atoms with Crippen LogP contribution in [0.2, 0.25) is 0 Å². The molecule has 7 nitrogen and oxygen atoms in total. The maximum Gasteiger partial charge on any atom is 0.337 e. The number of benzene rings is 2. The van der Waals surface area contributed by atoms with Gasteiger partial charge in [-0.2, -0.15) is 0 Å². The van der Waals surface area contributed by atoms with Crippen molar-refractivity contribution in [3.63, 3.8) is 0 Å². The van der Waals surface area contributed by atoms with Crippen LogP contribution in [0.5, 0.6) is 0 Å². The summed E-state index contributed by atoms with van der Waals surface area (Å²) in [5.74, 6) is -1.17. The molecule has 7 heteroatoms. The molecule has 1 heterocycles. The molecule has 0 spiro atoms. The van der Waals surface area contributed by atoms with E-state index in [1.165, 1.54) is 6.07 Å². The average Bonchev–Trinajstić information content (AvgIpc) is 3.35. The first-order chi connectivity index (χ1) is 17.6. The zero-order chi connectivity index (χ0) is 26.3. The van der Waals surface area contributed by atoms with E-state index in [0.29, 0.717) is 34.0 Å². The number of nitro benzene ring substituents is 1. The number of para-hydroxylation sites is 1. The van der Waals surface area contributed by atoms with Crippen LogP contribution < -0.4 is 5.32 Å². The van der Waals surface area contributed by atoms with Gasteiger partial charge in [0.25, 0.3) is 5.69 Å². The van der Waals surface area contributed by atoms with E-state index in [-0.39, 0.29) is 34.0 Å². The molecule has 2 fully saturated rings. The minimum absolute atomic E-state index is 0.0581. The number of nitrogens with zero attached hydrogens (tertiary/aromatic N) is 1. The molecule has 0 radical (unpaired) electrons. The molecule has 1 N–H and O–H groups in total. The number of nitro groups is 1. The first-order valence-electron chi connectivity index (χ1n) is 12.9. The number of dihydropyridines is 1. The van der Waals surface area contributed by atoms with Crippen molar-refractivity contribution in [3.05, 3.63) is 92.2 Å². The number of carbonyl (C=O) groups excluding carboxylic acids is 2. The highest BCUT2D eigenvalue weighted by Crippen LogP contribution is 2.66. The minimum Gasteiger partial charge on any atom is -0.458 e. The molecule has 2 aromatic carbocycles. The van der Waals surface area contributed by atoms with Crippen LogP contribution in [0.25, 0.3) is 5.70 Å². The highest BCUT2D eigenvalue weighted by molar-refractivity contribution is 6.23. The number of hydrogen-bond acceptors (Lipinski definition) is 6. The third-order valence-corrected chi connectivity index (χ3v) is 9.88. The fraction of sp³-hybridized carbons (Fsp3) is 0.400. The van der Waals surface area contributed by atoms with Crippen molar-refractivity contribution in [2.75, 3.05) is 0 Å². The van der Waals surface area contributed by atoms with Crippen molar-refractivity contribution in [2.45, 2.75) is 59.0 Å². The van der Waals surface area contributed by atoms with Gasteiger partial charge in [-0.3, -0.25) is 14.9 Å². The van der Waals surface area contributed by atoms with Crippen LogP contribution in [0.4, 0.5) is 5.69 Å². The summed E-state index contributed by atoms with van der Waals surface area (Å²) in [5, 5.41) is 15.3. The third-order valence-electron chi connectivity index (χ3n) is 9.88. The lowest BCUT2D eigenvalue weighted by atomic mass is 9.70. The first-order valence-corrected chi connectivity index (χ1v) is 12.9. The molecule has 0 amide bonds. The predicted molar refractivity (Wildman–Crippen MR) is 138 cm³/mol. The van der Waals surface area contributed by atoms with Gasteiger partial charge in [-0.25, -0.2) is 4.79 Å². The highest BCUT2D eigenvalue weighted by Gasteiger charge is 2.63. The quantitative estimate of drug-likeness (QED) is 0.319. The van der Waals surface area contributed by atoms with E-state index in [9.17, 15) is 19.7 Å². The highest BCUT2D eigenvalue weighted by atomic mass is 16.6. The van der Waals surface area contributed by atoms with Crippen LogP contribution in [-0.4, -0.2) is 22.8 Å². The topological polar surface area (TPSA) is 98.5 Å². The van der Waals surface area contributed by atoms with Gasteiger partial charge < -0.3 is 10.1 Å². The fourth-order valence-electron chi connectivity index (χ4n) is 7.31. The van der Waals surface area contributed by atoms with Crippen molar-refractivity contribution >= 4 is 23.1 Å². The number of fused-ring (bicyclic) bond motifs is 4. The van der Waals surface area contributed by atoms with Gasteiger partial charge >= 0.3 is 5.97 Å². The second-order valence-electron chi connectivity index (χ2n) is 11.6. The number of ketones is 1. The van der Waals surface area contributed by atoms with Crippen molar-refractivity contribution in [1.82, 2.24) is 5.32 Å². The summed E-state index contributed by atoms with van der Waals surface area (Å²) in [5.41, 5.74) is 3.13. The predicted octanol–water partition coefficient (Wildman–Crippen LogP) is 5.92. The Morgan fingerprint density at radius 1 is 1.08 bits per heavy atom. The minimum atomic E-state index is -0.912. The fourth-order valence-corrected chi connectivity index (χ4v) is 7.31. The van der Waals surface area contributed by atoms with E-state index in [1.807, 2.05) is 12.1 Å². The lowest BCUT2D eigenvalue weighted by Crippen LogP contribution is -2.39. The number of rotatable bonds is 4. The van der Waals surface area contributed by atoms with Crippen LogP contribution in [0.15, 0.2) is 65.4 Å². The summed E-state index contributed by atoms with van der Waals surface area (Å²) >= 11 is 0. The van der Waals surface area contributed by atoms with E-state index in [2.05, 4.69) is 26.1 Å². The molecule has 190 valence electrons. The third kappa shape index (κ3) is 3.12. The average molecular weight is 499 g/mol. The maximum atomic E-state index is 14.0. The smallest absolute Gasteiger partial charge is 0.337 e. The molecule has 37 heavy (non-hydrogen) atoms. The monoisotopic (exact) mass is 498 g/mol. The molecule has 6 rings (SSSR count). The van der Waals surface area contributed by atoms with Crippen LogP contribution in [0.3, 0.4) is 0 Å². The van der Waals surface area contributed by atoms with Gasteiger partial charge in [0.05, 0.1) is 22.1 Å². The molecule has 1 aliphatic heterocycles. The molecule has 2 saturated carbocycles. The van der Waals surface area contributed by atoms with Gasteiger partial charge in [0, 0.05) is 39.4 Å². The van der Waals surface area contributed by atoms with Crippen molar-refractivity contribution in [2.24, 2.45) is 16.7 Å². The number of ether oxygens (including phenoxy) is 1. The molecule has 4 atom stereocenters. The summed E-state index contributed by atoms with van der Waals surface area (Å²) in [7, 11) is 0. The molecule has 2 aromatic rings. The second kappa shape index (κ2) is 7.88. The number of Topliss-reactive ketones (excluding diaryl/α,β-unsaturated/α-hetero) is 1. The summed E-state index contributed by atoms with van der Waals surface area (Å²) in [6, 6.07) is 13.6. The van der Waals surface area contributed by atoms with Gasteiger partial charge in [0.15, 0.2) is 5.78 Å². The van der Waals surface area contributed by atoms with Crippen LogP contribution in [0.1, 0.15) is 74.4 Å². The Hall–Kier alpha value is -3.74. The summed E-state index contributed by atoms with van der Waals surface area (Å²) in [6.07, 6.45) is 2.69. The van der Waals surface area contributed by atoms with Crippen LogP contribution in [0, 0.1) is 26.9 Å². The molecular formula is C30H30N2O5. The van der Waals surface area contributed by atoms with Gasteiger partial charge in [-0.05, 0) is 37.5 Å². The Labute approximate surface area is 215 Å². The van der Waals surface area contributed by atoms with Gasteiger partial charge in [-0.1, -0.05) is 63.2 Å². The Morgan fingerprint density at radius 2 is 1.76 bits per heavy atom. The maximum absolute atomic E-state index is 14.0. The zero-order valence-corrected chi connectivity index (χ0v) is 21.5. The van der Waals surface area contributed by atoms with Crippen molar-refractivity contribution in [1.29, 1.82) is 0 Å². The first kappa shape index (κ1) is 23.6. The second-order valence-corrected chi connectivity index (χ2v) is 11.6. The zero-order valence-electron chi connectivity index (χ0n) is 21.5. The molecule has 0 saturated heterocycles. The Bertz CT molecular complexity index is 1450. The Balaban J connectivity index is 1.47. The van der Waals surface area contributed by atoms with Gasteiger partial charge in [0.2, 0.25) is 0 Å². The molecule has 0 aromatic heterocycles. The van der Waals surface area contributed by atoms with E-state index < -0.39 is 16.8 Å². The Kier molecular flexibility index (Phi) is 5.03. The molecule has 4 aliphatic rings. The number of allylic oxidation sites excluding steroid dienone is 2. The van der Waals surface area contributed by atoms with E-state index in [1.54, 1.807) is 37.3 Å². The van der Waals surface area contributed by atoms with Crippen molar-refractivity contribution < 1.29 is 19.2 Å².